The number of aromatic nitrogens is 5. The van der Waals surface area contributed by atoms with E-state index in [1.807, 2.05) is 17.9 Å². The summed E-state index contributed by atoms with van der Waals surface area (Å²) >= 11 is 0. The molecule has 4 heterocycles. The second-order valence-electron chi connectivity index (χ2n) is 8.81. The first-order chi connectivity index (χ1) is 18.5. The molecule has 0 amide bonds. The van der Waals surface area contributed by atoms with E-state index < -0.39 is 17.3 Å². The van der Waals surface area contributed by atoms with Crippen molar-refractivity contribution < 1.29 is 23.0 Å². The number of hydrogen-bond donors (Lipinski definition) is 1. The highest BCUT2D eigenvalue weighted by molar-refractivity contribution is 5.73. The minimum absolute atomic E-state index is 0.0958. The highest BCUT2D eigenvalue weighted by Gasteiger charge is 2.21. The standard InChI is InChI=1S/C26H29F2N7O3/c1-29-9-10-34-21(33-25-23(27)19(36-2)12-20(37-3)24(25)28)8-7-17-26(34)32-18(14-30-17)16-13-31-35(15-16)22-6-4-5-11-38-22/h7-8,12-15,22,29H,4-6,9-11H2,1-3H3. The molecule has 38 heavy (non-hydrogen) atoms. The molecule has 12 heteroatoms. The van der Waals surface area contributed by atoms with E-state index in [-0.39, 0.29) is 17.7 Å². The maximum atomic E-state index is 15.1. The third-order valence-electron chi connectivity index (χ3n) is 6.41. The fourth-order valence-electron chi connectivity index (χ4n) is 4.38. The first kappa shape index (κ1) is 25.7. The van der Waals surface area contributed by atoms with Crippen LogP contribution < -0.4 is 20.3 Å². The number of nitrogens with one attached hydrogen (secondary N) is 1. The molecule has 1 aliphatic heterocycles. The zero-order valence-electron chi connectivity index (χ0n) is 21.4. The maximum absolute atomic E-state index is 15.1. The molecule has 0 radical (unpaired) electrons. The minimum atomic E-state index is -0.928. The summed E-state index contributed by atoms with van der Waals surface area (Å²) in [5.74, 6) is -2.21. The molecule has 1 fully saturated rings. The number of methoxy groups -OCH3 is 2. The number of fused-ring (bicyclic) bond motifs is 1. The van der Waals surface area contributed by atoms with Gasteiger partial charge in [-0.05, 0) is 38.4 Å². The first-order valence-corrected chi connectivity index (χ1v) is 12.4. The van der Waals surface area contributed by atoms with Gasteiger partial charge in [0.2, 0.25) is 0 Å². The van der Waals surface area contributed by atoms with Gasteiger partial charge in [-0.3, -0.25) is 4.98 Å². The highest BCUT2D eigenvalue weighted by Crippen LogP contribution is 2.36. The van der Waals surface area contributed by atoms with Gasteiger partial charge in [-0.25, -0.2) is 23.4 Å². The minimum Gasteiger partial charge on any atom is -0.493 e. The summed E-state index contributed by atoms with van der Waals surface area (Å²) in [7, 11) is 4.40. The van der Waals surface area contributed by atoms with Gasteiger partial charge in [0.15, 0.2) is 28.8 Å². The Hall–Kier alpha value is -3.90. The molecule has 0 spiro atoms. The van der Waals surface area contributed by atoms with E-state index in [4.69, 9.17) is 19.2 Å². The van der Waals surface area contributed by atoms with Gasteiger partial charge in [0.1, 0.15) is 22.9 Å². The molecule has 1 aliphatic rings. The van der Waals surface area contributed by atoms with Gasteiger partial charge in [0.25, 0.3) is 0 Å². The molecule has 0 saturated carbocycles. The monoisotopic (exact) mass is 525 g/mol. The Balaban J connectivity index is 1.64. The lowest BCUT2D eigenvalue weighted by atomic mass is 10.2. The SMILES string of the molecule is CNCCn1c(=Nc2c(F)c(OC)cc(OC)c2F)ccc2ncc(-c3cnn(C4CCCCO4)c3)nc21. The average Bonchev–Trinajstić information content (AvgIpc) is 3.45. The van der Waals surface area contributed by atoms with Gasteiger partial charge in [0.05, 0.1) is 32.3 Å². The second kappa shape index (κ2) is 11.2. The van der Waals surface area contributed by atoms with Crippen molar-refractivity contribution in [3.05, 3.63) is 53.9 Å². The van der Waals surface area contributed by atoms with Crippen molar-refractivity contribution in [2.75, 3.05) is 34.4 Å². The molecular weight excluding hydrogens is 496 g/mol. The molecule has 1 atom stereocenters. The van der Waals surface area contributed by atoms with Crippen LogP contribution in [-0.2, 0) is 11.3 Å². The number of pyridine rings is 1. The van der Waals surface area contributed by atoms with Crippen molar-refractivity contribution in [2.45, 2.75) is 32.0 Å². The normalized spacial score (nSPS) is 16.2. The van der Waals surface area contributed by atoms with Crippen molar-refractivity contribution in [3.63, 3.8) is 0 Å². The van der Waals surface area contributed by atoms with E-state index in [9.17, 15) is 0 Å². The predicted molar refractivity (Wildman–Crippen MR) is 136 cm³/mol. The Morgan fingerprint density at radius 2 is 1.92 bits per heavy atom. The van der Waals surface area contributed by atoms with Crippen LogP contribution in [0, 0.1) is 11.6 Å². The number of nitrogens with zero attached hydrogens (tertiary/aromatic N) is 6. The van der Waals surface area contributed by atoms with Gasteiger partial charge in [-0.2, -0.15) is 5.10 Å². The first-order valence-electron chi connectivity index (χ1n) is 12.4. The van der Waals surface area contributed by atoms with Gasteiger partial charge in [-0.15, -0.1) is 0 Å². The predicted octanol–water partition coefficient (Wildman–Crippen LogP) is 3.74. The van der Waals surface area contributed by atoms with E-state index in [2.05, 4.69) is 20.4 Å². The summed E-state index contributed by atoms with van der Waals surface area (Å²) in [5.41, 5.74) is 2.28. The molecular formula is C26H29F2N7O3. The lowest BCUT2D eigenvalue weighted by Gasteiger charge is -2.22. The Kier molecular flexibility index (Phi) is 7.61. The van der Waals surface area contributed by atoms with E-state index in [1.54, 1.807) is 29.1 Å². The molecule has 200 valence electrons. The Bertz CT molecular complexity index is 1480. The average molecular weight is 526 g/mol. The molecule has 1 saturated heterocycles. The Morgan fingerprint density at radius 1 is 1.13 bits per heavy atom. The largest absolute Gasteiger partial charge is 0.493 e. The fourth-order valence-corrected chi connectivity index (χ4v) is 4.38. The summed E-state index contributed by atoms with van der Waals surface area (Å²) < 4.78 is 49.7. The van der Waals surface area contributed by atoms with Crippen LogP contribution in [-0.4, -0.2) is 58.7 Å². The lowest BCUT2D eigenvalue weighted by molar-refractivity contribution is -0.0394. The highest BCUT2D eigenvalue weighted by atomic mass is 19.1. The molecule has 4 aromatic rings. The molecule has 1 aromatic carbocycles. The number of halogens is 2. The van der Waals surface area contributed by atoms with Crippen LogP contribution in [0.25, 0.3) is 22.4 Å². The summed E-state index contributed by atoms with van der Waals surface area (Å²) in [4.78, 5) is 13.8. The summed E-state index contributed by atoms with van der Waals surface area (Å²) in [6.07, 6.45) is 8.25. The molecule has 0 aliphatic carbocycles. The summed E-state index contributed by atoms with van der Waals surface area (Å²) in [6, 6.07) is 4.51. The van der Waals surface area contributed by atoms with Crippen molar-refractivity contribution >= 4 is 16.9 Å². The zero-order chi connectivity index (χ0) is 26.6. The van der Waals surface area contributed by atoms with Crippen LogP contribution in [0.3, 0.4) is 0 Å². The van der Waals surface area contributed by atoms with Crippen molar-refractivity contribution in [2.24, 2.45) is 4.99 Å². The molecule has 5 rings (SSSR count). The van der Waals surface area contributed by atoms with Gasteiger partial charge in [-0.1, -0.05) is 0 Å². The third-order valence-corrected chi connectivity index (χ3v) is 6.41. The van der Waals surface area contributed by atoms with Gasteiger partial charge < -0.3 is 24.1 Å². The lowest BCUT2D eigenvalue weighted by Crippen LogP contribution is -2.27. The number of likely N-dealkylation sites (N-methyl/N-ethyl adjacent to an activating group) is 1. The van der Waals surface area contributed by atoms with Gasteiger partial charge in [0, 0.05) is 37.5 Å². The molecule has 3 aromatic heterocycles. The smallest absolute Gasteiger partial charge is 0.193 e. The number of ether oxygens (including phenoxy) is 3. The topological polar surface area (TPSA) is 101 Å². The quantitative estimate of drug-likeness (QED) is 0.374. The third kappa shape index (κ3) is 4.96. The van der Waals surface area contributed by atoms with Crippen LogP contribution in [0.15, 0.2) is 41.8 Å². The molecule has 0 bridgehead atoms. The Morgan fingerprint density at radius 3 is 2.61 bits per heavy atom. The number of hydrogen-bond acceptors (Lipinski definition) is 8. The summed E-state index contributed by atoms with van der Waals surface area (Å²) in [5, 5.41) is 7.57. The summed E-state index contributed by atoms with van der Waals surface area (Å²) in [6.45, 7) is 1.69. The van der Waals surface area contributed by atoms with Crippen LogP contribution in [0.2, 0.25) is 0 Å². The van der Waals surface area contributed by atoms with E-state index in [1.165, 1.54) is 14.2 Å². The number of rotatable bonds is 8. The van der Waals surface area contributed by atoms with Gasteiger partial charge >= 0.3 is 0 Å². The molecule has 10 nitrogen and oxygen atoms in total. The van der Waals surface area contributed by atoms with Crippen molar-refractivity contribution in [3.8, 4) is 22.8 Å². The van der Waals surface area contributed by atoms with Crippen LogP contribution in [0.1, 0.15) is 25.5 Å². The second-order valence-corrected chi connectivity index (χ2v) is 8.81. The molecule has 1 unspecified atom stereocenters. The Labute approximate surface area is 217 Å². The zero-order valence-corrected chi connectivity index (χ0v) is 21.4. The fraction of sp³-hybridized carbons (Fsp3) is 0.385. The number of benzene rings is 1. The van der Waals surface area contributed by atoms with E-state index in [0.717, 1.165) is 30.9 Å². The van der Waals surface area contributed by atoms with Crippen LogP contribution in [0.4, 0.5) is 14.5 Å². The maximum Gasteiger partial charge on any atom is 0.193 e. The van der Waals surface area contributed by atoms with E-state index in [0.29, 0.717) is 42.0 Å². The van der Waals surface area contributed by atoms with E-state index >= 15 is 8.78 Å². The van der Waals surface area contributed by atoms with Crippen molar-refractivity contribution in [1.29, 1.82) is 0 Å². The molecule has 1 N–H and O–H groups in total. The van der Waals surface area contributed by atoms with Crippen LogP contribution >= 0.6 is 0 Å². The van der Waals surface area contributed by atoms with Crippen LogP contribution in [0.5, 0.6) is 11.5 Å². The van der Waals surface area contributed by atoms with Crippen molar-refractivity contribution in [1.82, 2.24) is 29.6 Å².